The minimum atomic E-state index is -3.53. The molecule has 0 spiro atoms. The van der Waals surface area contributed by atoms with E-state index >= 15 is 0 Å². The SMILES string of the molecule is Cc1cc(F)ccc1S(=O)(=O)NC[C@H]1C[C@H]2CC[C@H]1C2. The number of hydrogen-bond donors (Lipinski definition) is 1. The normalized spacial score (nSPS) is 29.0. The number of halogens is 1. The lowest BCUT2D eigenvalue weighted by molar-refractivity contribution is 0.333. The molecule has 20 heavy (non-hydrogen) atoms. The zero-order valence-electron chi connectivity index (χ0n) is 11.6. The molecule has 110 valence electrons. The summed E-state index contributed by atoms with van der Waals surface area (Å²) in [5, 5.41) is 0. The molecule has 2 bridgehead atoms. The molecule has 2 aliphatic carbocycles. The molecule has 3 atom stereocenters. The molecule has 0 heterocycles. The first-order chi connectivity index (χ1) is 9.45. The van der Waals surface area contributed by atoms with Crippen LogP contribution in [0.15, 0.2) is 23.1 Å². The Morgan fingerprint density at radius 2 is 2.10 bits per heavy atom. The van der Waals surface area contributed by atoms with Gasteiger partial charge in [0.25, 0.3) is 0 Å². The maximum Gasteiger partial charge on any atom is 0.240 e. The second-order valence-electron chi connectivity index (χ2n) is 6.20. The van der Waals surface area contributed by atoms with Crippen LogP contribution in [-0.4, -0.2) is 15.0 Å². The largest absolute Gasteiger partial charge is 0.240 e. The maximum absolute atomic E-state index is 13.1. The number of rotatable bonds is 4. The molecule has 1 N–H and O–H groups in total. The highest BCUT2D eigenvalue weighted by Crippen LogP contribution is 2.48. The van der Waals surface area contributed by atoms with Gasteiger partial charge in [0.1, 0.15) is 5.82 Å². The average Bonchev–Trinajstić information content (AvgIpc) is 2.98. The summed E-state index contributed by atoms with van der Waals surface area (Å²) in [4.78, 5) is 0.182. The molecular weight excluding hydrogens is 277 g/mol. The Morgan fingerprint density at radius 1 is 1.30 bits per heavy atom. The van der Waals surface area contributed by atoms with Crippen molar-refractivity contribution in [1.82, 2.24) is 4.72 Å². The smallest absolute Gasteiger partial charge is 0.211 e. The zero-order valence-corrected chi connectivity index (χ0v) is 12.4. The zero-order chi connectivity index (χ0) is 14.3. The van der Waals surface area contributed by atoms with E-state index in [1.807, 2.05) is 0 Å². The van der Waals surface area contributed by atoms with E-state index in [1.165, 1.54) is 37.5 Å². The molecule has 3 nitrogen and oxygen atoms in total. The van der Waals surface area contributed by atoms with Crippen LogP contribution >= 0.6 is 0 Å². The molecule has 0 radical (unpaired) electrons. The van der Waals surface area contributed by atoms with E-state index in [0.717, 1.165) is 12.3 Å². The van der Waals surface area contributed by atoms with Gasteiger partial charge >= 0.3 is 0 Å². The van der Waals surface area contributed by atoms with E-state index in [4.69, 9.17) is 0 Å². The van der Waals surface area contributed by atoms with Crippen LogP contribution in [-0.2, 0) is 10.0 Å². The molecule has 2 fully saturated rings. The molecule has 5 heteroatoms. The molecular formula is C15H20FNO2S. The first kappa shape index (κ1) is 14.0. The summed E-state index contributed by atoms with van der Waals surface area (Å²) in [5.41, 5.74) is 0.449. The second-order valence-corrected chi connectivity index (χ2v) is 7.93. The summed E-state index contributed by atoms with van der Waals surface area (Å²) in [6.07, 6.45) is 4.97. The van der Waals surface area contributed by atoms with Crippen LogP contribution in [0.3, 0.4) is 0 Å². The number of benzene rings is 1. The number of sulfonamides is 1. The van der Waals surface area contributed by atoms with Gasteiger partial charge in [0.2, 0.25) is 10.0 Å². The molecule has 0 unspecified atom stereocenters. The van der Waals surface area contributed by atoms with E-state index in [1.54, 1.807) is 6.92 Å². The molecule has 0 aliphatic heterocycles. The molecule has 3 rings (SSSR count). The van der Waals surface area contributed by atoms with Crippen LogP contribution in [0.5, 0.6) is 0 Å². The highest BCUT2D eigenvalue weighted by molar-refractivity contribution is 7.89. The van der Waals surface area contributed by atoms with Gasteiger partial charge in [0.15, 0.2) is 0 Å². The highest BCUT2D eigenvalue weighted by atomic mass is 32.2. The van der Waals surface area contributed by atoms with Crippen LogP contribution in [0, 0.1) is 30.5 Å². The van der Waals surface area contributed by atoms with E-state index in [-0.39, 0.29) is 4.90 Å². The first-order valence-corrected chi connectivity index (χ1v) is 8.70. The van der Waals surface area contributed by atoms with Crippen LogP contribution in [0.4, 0.5) is 4.39 Å². The molecule has 2 aliphatic rings. The van der Waals surface area contributed by atoms with Gasteiger partial charge in [-0.1, -0.05) is 6.42 Å². The molecule has 0 amide bonds. The van der Waals surface area contributed by atoms with E-state index in [0.29, 0.717) is 23.9 Å². The van der Waals surface area contributed by atoms with Gasteiger partial charge in [0.05, 0.1) is 4.90 Å². The minimum absolute atomic E-state index is 0.182. The number of nitrogens with one attached hydrogen (secondary N) is 1. The Bertz CT molecular complexity index is 614. The van der Waals surface area contributed by atoms with Gasteiger partial charge in [-0.15, -0.1) is 0 Å². The fraction of sp³-hybridized carbons (Fsp3) is 0.600. The summed E-state index contributed by atoms with van der Waals surface area (Å²) >= 11 is 0. The molecule has 1 aromatic rings. The quantitative estimate of drug-likeness (QED) is 0.929. The van der Waals surface area contributed by atoms with Crippen molar-refractivity contribution in [2.24, 2.45) is 17.8 Å². The van der Waals surface area contributed by atoms with Crippen molar-refractivity contribution in [2.45, 2.75) is 37.5 Å². The Balaban J connectivity index is 1.69. The van der Waals surface area contributed by atoms with Crippen LogP contribution < -0.4 is 4.72 Å². The Hall–Kier alpha value is -0.940. The fourth-order valence-corrected chi connectivity index (χ4v) is 5.15. The van der Waals surface area contributed by atoms with Crippen molar-refractivity contribution in [3.63, 3.8) is 0 Å². The van der Waals surface area contributed by atoms with Crippen molar-refractivity contribution in [3.8, 4) is 0 Å². The number of aryl methyl sites for hydroxylation is 1. The van der Waals surface area contributed by atoms with Crippen molar-refractivity contribution in [2.75, 3.05) is 6.54 Å². The third-order valence-electron chi connectivity index (χ3n) is 4.85. The lowest BCUT2D eigenvalue weighted by atomic mass is 9.89. The summed E-state index contributed by atoms with van der Waals surface area (Å²) in [5.74, 6) is 1.57. The topological polar surface area (TPSA) is 46.2 Å². The monoisotopic (exact) mass is 297 g/mol. The minimum Gasteiger partial charge on any atom is -0.211 e. The first-order valence-electron chi connectivity index (χ1n) is 7.21. The molecule has 2 saturated carbocycles. The lowest BCUT2D eigenvalue weighted by Crippen LogP contribution is -2.32. The molecule has 0 aromatic heterocycles. The molecule has 1 aromatic carbocycles. The summed E-state index contributed by atoms with van der Waals surface area (Å²) in [6.45, 7) is 2.13. The third kappa shape index (κ3) is 2.61. The predicted octanol–water partition coefficient (Wildman–Crippen LogP) is 2.85. The Labute approximate surface area is 119 Å². The van der Waals surface area contributed by atoms with Crippen molar-refractivity contribution < 1.29 is 12.8 Å². The van der Waals surface area contributed by atoms with Crippen LogP contribution in [0.1, 0.15) is 31.2 Å². The molecule has 0 saturated heterocycles. The van der Waals surface area contributed by atoms with Gasteiger partial charge in [-0.25, -0.2) is 17.5 Å². The van der Waals surface area contributed by atoms with Gasteiger partial charge in [-0.3, -0.25) is 0 Å². The second kappa shape index (κ2) is 5.11. The highest BCUT2D eigenvalue weighted by Gasteiger charge is 2.39. The van der Waals surface area contributed by atoms with E-state index in [9.17, 15) is 12.8 Å². The van der Waals surface area contributed by atoms with Crippen molar-refractivity contribution in [1.29, 1.82) is 0 Å². The number of hydrogen-bond acceptors (Lipinski definition) is 2. The summed E-state index contributed by atoms with van der Waals surface area (Å²) in [6, 6.07) is 3.79. The van der Waals surface area contributed by atoms with Gasteiger partial charge < -0.3 is 0 Å². The lowest BCUT2D eigenvalue weighted by Gasteiger charge is -2.22. The summed E-state index contributed by atoms with van der Waals surface area (Å²) in [7, 11) is -3.53. The van der Waals surface area contributed by atoms with Crippen LogP contribution in [0.2, 0.25) is 0 Å². The van der Waals surface area contributed by atoms with Crippen LogP contribution in [0.25, 0.3) is 0 Å². The third-order valence-corrected chi connectivity index (χ3v) is 6.43. The van der Waals surface area contributed by atoms with Gasteiger partial charge in [-0.2, -0.15) is 0 Å². The van der Waals surface area contributed by atoms with E-state index in [2.05, 4.69) is 4.72 Å². The Morgan fingerprint density at radius 3 is 2.70 bits per heavy atom. The predicted molar refractivity (Wildman–Crippen MR) is 75.3 cm³/mol. The van der Waals surface area contributed by atoms with Crippen molar-refractivity contribution >= 4 is 10.0 Å². The van der Waals surface area contributed by atoms with Gasteiger partial charge in [0, 0.05) is 6.54 Å². The average molecular weight is 297 g/mol. The van der Waals surface area contributed by atoms with E-state index < -0.39 is 15.8 Å². The number of fused-ring (bicyclic) bond motifs is 2. The summed E-state index contributed by atoms with van der Waals surface area (Å²) < 4.78 is 40.4. The van der Waals surface area contributed by atoms with Crippen molar-refractivity contribution in [3.05, 3.63) is 29.6 Å². The maximum atomic E-state index is 13.1. The van der Waals surface area contributed by atoms with Gasteiger partial charge in [-0.05, 0) is 67.7 Å². The fourth-order valence-electron chi connectivity index (χ4n) is 3.84. The standard InChI is InChI=1S/C15H20FNO2S/c1-10-6-14(16)4-5-15(10)20(18,19)17-9-13-8-11-2-3-12(13)7-11/h4-6,11-13,17H,2-3,7-9H2,1H3/t11-,12-,13+/m0/s1. The Kier molecular flexibility index (Phi) is 3.58.